The lowest BCUT2D eigenvalue weighted by Gasteiger charge is -2.40. The van der Waals surface area contributed by atoms with Gasteiger partial charge in [0.15, 0.2) is 0 Å². The molecule has 0 aromatic carbocycles. The summed E-state index contributed by atoms with van der Waals surface area (Å²) in [5.41, 5.74) is 6.34. The molecule has 0 radical (unpaired) electrons. The van der Waals surface area contributed by atoms with Crippen LogP contribution in [0.4, 0.5) is 0 Å². The molecule has 1 aliphatic carbocycles. The number of nitrogens with zero attached hydrogens (tertiary/aromatic N) is 1. The van der Waals surface area contributed by atoms with Gasteiger partial charge in [0.2, 0.25) is 0 Å². The topological polar surface area (TPSA) is 49.5 Å². The molecule has 3 nitrogen and oxygen atoms in total. The fraction of sp³-hybridized carbons (Fsp3) is 1.00. The summed E-state index contributed by atoms with van der Waals surface area (Å²) in [5.74, 6) is 2.00. The van der Waals surface area contributed by atoms with E-state index >= 15 is 0 Å². The maximum absolute atomic E-state index is 9.81. The summed E-state index contributed by atoms with van der Waals surface area (Å²) in [6.45, 7) is 7.70. The van der Waals surface area contributed by atoms with Gasteiger partial charge in [-0.3, -0.25) is 0 Å². The van der Waals surface area contributed by atoms with Gasteiger partial charge in [-0.15, -0.1) is 0 Å². The standard InChI is InChI=1S/C16H32N2O/c1-3-4-13-5-6-15(17)14(9-13)11-18-8-7-16(19)12(2)10-18/h12-16,19H,3-11,17H2,1-2H3. The number of piperidine rings is 1. The van der Waals surface area contributed by atoms with Crippen molar-refractivity contribution in [2.24, 2.45) is 23.5 Å². The van der Waals surface area contributed by atoms with Crippen molar-refractivity contribution < 1.29 is 5.11 Å². The Kier molecular flexibility index (Phi) is 5.67. The SMILES string of the molecule is CCCC1CCC(N)C(CN2CCC(O)C(C)C2)C1. The predicted molar refractivity (Wildman–Crippen MR) is 79.9 cm³/mol. The van der Waals surface area contributed by atoms with Gasteiger partial charge in [-0.1, -0.05) is 26.7 Å². The fourth-order valence-electron chi connectivity index (χ4n) is 3.98. The molecule has 1 heterocycles. The van der Waals surface area contributed by atoms with Gasteiger partial charge in [-0.2, -0.15) is 0 Å². The van der Waals surface area contributed by atoms with Crippen molar-refractivity contribution in [3.63, 3.8) is 0 Å². The number of rotatable bonds is 4. The van der Waals surface area contributed by atoms with Gasteiger partial charge in [0, 0.05) is 25.7 Å². The predicted octanol–water partition coefficient (Wildman–Crippen LogP) is 2.23. The number of nitrogens with two attached hydrogens (primary N) is 1. The van der Waals surface area contributed by atoms with Crippen LogP contribution in [0.25, 0.3) is 0 Å². The molecule has 2 rings (SSSR count). The van der Waals surface area contributed by atoms with Crippen LogP contribution in [0.15, 0.2) is 0 Å². The first-order chi connectivity index (χ1) is 9.10. The molecule has 1 aliphatic heterocycles. The highest BCUT2D eigenvalue weighted by Crippen LogP contribution is 2.32. The van der Waals surface area contributed by atoms with E-state index in [9.17, 15) is 5.11 Å². The van der Waals surface area contributed by atoms with E-state index in [2.05, 4.69) is 18.7 Å². The quantitative estimate of drug-likeness (QED) is 0.822. The van der Waals surface area contributed by atoms with Gasteiger partial charge in [-0.05, 0) is 43.4 Å². The van der Waals surface area contributed by atoms with E-state index in [1.54, 1.807) is 0 Å². The van der Waals surface area contributed by atoms with E-state index in [1.165, 1.54) is 32.1 Å². The van der Waals surface area contributed by atoms with Crippen LogP contribution in [-0.2, 0) is 0 Å². The summed E-state index contributed by atoms with van der Waals surface area (Å²) in [7, 11) is 0. The van der Waals surface area contributed by atoms with E-state index in [0.717, 1.165) is 32.0 Å². The van der Waals surface area contributed by atoms with E-state index in [0.29, 0.717) is 17.9 Å². The molecule has 2 aliphatic rings. The normalized spacial score (nSPS) is 41.4. The van der Waals surface area contributed by atoms with Gasteiger partial charge in [0.05, 0.1) is 6.10 Å². The summed E-state index contributed by atoms with van der Waals surface area (Å²) in [6, 6.07) is 0.398. The Morgan fingerprint density at radius 2 is 2.05 bits per heavy atom. The average Bonchev–Trinajstić information content (AvgIpc) is 2.38. The highest BCUT2D eigenvalue weighted by atomic mass is 16.3. The van der Waals surface area contributed by atoms with E-state index in [-0.39, 0.29) is 6.10 Å². The van der Waals surface area contributed by atoms with E-state index in [1.807, 2.05) is 0 Å². The van der Waals surface area contributed by atoms with Crippen LogP contribution in [0.3, 0.4) is 0 Å². The molecule has 0 bridgehead atoms. The Bertz CT molecular complexity index is 271. The highest BCUT2D eigenvalue weighted by Gasteiger charge is 2.31. The third-order valence-electron chi connectivity index (χ3n) is 5.28. The lowest BCUT2D eigenvalue weighted by atomic mass is 9.76. The average molecular weight is 268 g/mol. The van der Waals surface area contributed by atoms with Crippen molar-refractivity contribution >= 4 is 0 Å². The third-order valence-corrected chi connectivity index (χ3v) is 5.28. The summed E-state index contributed by atoms with van der Waals surface area (Å²) < 4.78 is 0. The van der Waals surface area contributed by atoms with Crippen molar-refractivity contribution in [2.45, 2.75) is 64.5 Å². The van der Waals surface area contributed by atoms with Crippen molar-refractivity contribution in [1.29, 1.82) is 0 Å². The number of hydrogen-bond donors (Lipinski definition) is 2. The molecular formula is C16H32N2O. The lowest BCUT2D eigenvalue weighted by Crippen LogP contribution is -2.48. The number of likely N-dealkylation sites (tertiary alicyclic amines) is 1. The molecule has 112 valence electrons. The van der Waals surface area contributed by atoms with Crippen LogP contribution in [0, 0.1) is 17.8 Å². The molecule has 3 N–H and O–H groups in total. The van der Waals surface area contributed by atoms with Crippen LogP contribution in [0.2, 0.25) is 0 Å². The van der Waals surface area contributed by atoms with Crippen molar-refractivity contribution in [2.75, 3.05) is 19.6 Å². The molecule has 0 aromatic heterocycles. The molecular weight excluding hydrogens is 236 g/mol. The second-order valence-corrected chi connectivity index (χ2v) is 6.98. The molecule has 3 heteroatoms. The maximum atomic E-state index is 9.81. The minimum atomic E-state index is -0.0934. The zero-order valence-corrected chi connectivity index (χ0v) is 12.7. The minimum absolute atomic E-state index is 0.0934. The molecule has 5 atom stereocenters. The minimum Gasteiger partial charge on any atom is -0.393 e. The maximum Gasteiger partial charge on any atom is 0.0590 e. The van der Waals surface area contributed by atoms with Crippen LogP contribution in [-0.4, -0.2) is 41.8 Å². The largest absolute Gasteiger partial charge is 0.393 e. The van der Waals surface area contributed by atoms with Gasteiger partial charge < -0.3 is 15.7 Å². The molecule has 19 heavy (non-hydrogen) atoms. The Balaban J connectivity index is 1.83. The second kappa shape index (κ2) is 7.05. The lowest BCUT2D eigenvalue weighted by molar-refractivity contribution is 0.0226. The Labute approximate surface area is 118 Å². The van der Waals surface area contributed by atoms with Crippen molar-refractivity contribution in [1.82, 2.24) is 4.90 Å². The molecule has 0 aromatic rings. The molecule has 1 saturated heterocycles. The van der Waals surface area contributed by atoms with E-state index < -0.39 is 0 Å². The monoisotopic (exact) mass is 268 g/mol. The second-order valence-electron chi connectivity index (χ2n) is 6.98. The first-order valence-electron chi connectivity index (χ1n) is 8.26. The van der Waals surface area contributed by atoms with Crippen LogP contribution in [0.5, 0.6) is 0 Å². The van der Waals surface area contributed by atoms with Crippen molar-refractivity contribution in [3.05, 3.63) is 0 Å². The molecule has 0 spiro atoms. The molecule has 5 unspecified atom stereocenters. The summed E-state index contributed by atoms with van der Waals surface area (Å²) >= 11 is 0. The zero-order chi connectivity index (χ0) is 13.8. The Hall–Kier alpha value is -0.120. The number of hydrogen-bond acceptors (Lipinski definition) is 3. The van der Waals surface area contributed by atoms with Crippen LogP contribution < -0.4 is 5.73 Å². The van der Waals surface area contributed by atoms with Gasteiger partial charge in [0.1, 0.15) is 0 Å². The first kappa shape index (κ1) is 15.3. The van der Waals surface area contributed by atoms with Crippen molar-refractivity contribution in [3.8, 4) is 0 Å². The molecule has 1 saturated carbocycles. The fourth-order valence-corrected chi connectivity index (χ4v) is 3.98. The summed E-state index contributed by atoms with van der Waals surface area (Å²) in [5, 5.41) is 9.81. The van der Waals surface area contributed by atoms with Gasteiger partial charge in [0.25, 0.3) is 0 Å². The summed E-state index contributed by atoms with van der Waals surface area (Å²) in [6.07, 6.45) is 7.38. The van der Waals surface area contributed by atoms with Gasteiger partial charge >= 0.3 is 0 Å². The van der Waals surface area contributed by atoms with Gasteiger partial charge in [-0.25, -0.2) is 0 Å². The Morgan fingerprint density at radius 3 is 2.74 bits per heavy atom. The summed E-state index contributed by atoms with van der Waals surface area (Å²) in [4.78, 5) is 2.54. The zero-order valence-electron chi connectivity index (χ0n) is 12.7. The van der Waals surface area contributed by atoms with Crippen LogP contribution in [0.1, 0.15) is 52.4 Å². The first-order valence-corrected chi connectivity index (χ1v) is 8.26. The molecule has 2 fully saturated rings. The number of aliphatic hydroxyl groups excluding tert-OH is 1. The van der Waals surface area contributed by atoms with E-state index in [4.69, 9.17) is 5.73 Å². The highest BCUT2D eigenvalue weighted by molar-refractivity contribution is 4.86. The third kappa shape index (κ3) is 4.17. The Morgan fingerprint density at radius 1 is 1.26 bits per heavy atom. The number of aliphatic hydroxyl groups is 1. The molecule has 0 amide bonds. The van der Waals surface area contributed by atoms with Crippen LogP contribution >= 0.6 is 0 Å². The smallest absolute Gasteiger partial charge is 0.0590 e.